The molecular weight excluding hydrogens is 396 g/mol. The van der Waals surface area contributed by atoms with E-state index in [2.05, 4.69) is 20.4 Å². The summed E-state index contributed by atoms with van der Waals surface area (Å²) in [6, 6.07) is 20.6. The van der Waals surface area contributed by atoms with Crippen LogP contribution in [0.15, 0.2) is 77.2 Å². The molecule has 3 heterocycles. The van der Waals surface area contributed by atoms with Crippen molar-refractivity contribution in [3.8, 4) is 0 Å². The molecule has 2 aromatic carbocycles. The number of hydrogen-bond acceptors (Lipinski definition) is 6. The third-order valence-electron chi connectivity index (χ3n) is 4.58. The highest BCUT2D eigenvalue weighted by atomic mass is 32.1. The maximum atomic E-state index is 13.1. The van der Waals surface area contributed by atoms with Gasteiger partial charge in [0.1, 0.15) is 16.9 Å². The van der Waals surface area contributed by atoms with E-state index in [1.807, 2.05) is 72.1 Å². The number of nitrogen functional groups attached to an aromatic ring is 1. The minimum Gasteiger partial charge on any atom is -0.383 e. The lowest BCUT2D eigenvalue weighted by Crippen LogP contribution is -2.14. The van der Waals surface area contributed by atoms with Gasteiger partial charge in [-0.25, -0.2) is 9.97 Å². The summed E-state index contributed by atoms with van der Waals surface area (Å²) in [5, 5.41) is 9.32. The summed E-state index contributed by atoms with van der Waals surface area (Å²) in [5.74, 6) is -0.181. The number of nitrogens with one attached hydrogen (secondary N) is 1. The molecule has 0 saturated carbocycles. The van der Waals surface area contributed by atoms with Crippen molar-refractivity contribution >= 4 is 57.2 Å². The van der Waals surface area contributed by atoms with Crippen molar-refractivity contribution in [1.29, 1.82) is 0 Å². The summed E-state index contributed by atoms with van der Waals surface area (Å²) in [6.45, 7) is 0. The third kappa shape index (κ3) is 3.19. The molecule has 0 unspecified atom stereocenters. The molecule has 1 amide bonds. The number of amides is 1. The number of carbonyl (C=O) groups is 1. The largest absolute Gasteiger partial charge is 0.383 e. The number of anilines is 2. The Kier molecular flexibility index (Phi) is 4.45. The van der Waals surface area contributed by atoms with Gasteiger partial charge in [-0.2, -0.15) is 9.78 Å². The molecule has 5 rings (SSSR count). The van der Waals surface area contributed by atoms with Gasteiger partial charge in [-0.1, -0.05) is 36.4 Å². The van der Waals surface area contributed by atoms with E-state index in [-0.39, 0.29) is 17.3 Å². The highest BCUT2D eigenvalue weighted by Gasteiger charge is 2.24. The maximum Gasteiger partial charge on any atom is 0.261 e. The van der Waals surface area contributed by atoms with Crippen LogP contribution in [0.5, 0.6) is 0 Å². The Labute approximate surface area is 175 Å². The molecule has 30 heavy (non-hydrogen) atoms. The fourth-order valence-corrected chi connectivity index (χ4v) is 3.76. The fraction of sp³-hybridized carbons (Fsp3) is 0. The van der Waals surface area contributed by atoms with E-state index < -0.39 is 0 Å². The fourth-order valence-electron chi connectivity index (χ4n) is 3.18. The first-order valence-corrected chi connectivity index (χ1v) is 10.1. The first kappa shape index (κ1) is 18.0. The van der Waals surface area contributed by atoms with Crippen molar-refractivity contribution in [3.05, 3.63) is 82.6 Å². The van der Waals surface area contributed by atoms with E-state index in [0.29, 0.717) is 27.9 Å². The minimum atomic E-state index is -0.363. The molecule has 0 spiro atoms. The summed E-state index contributed by atoms with van der Waals surface area (Å²) >= 11 is 1.55. The van der Waals surface area contributed by atoms with E-state index in [0.717, 1.165) is 4.88 Å². The van der Waals surface area contributed by atoms with E-state index in [1.54, 1.807) is 17.6 Å². The quantitative estimate of drug-likeness (QED) is 0.429. The van der Waals surface area contributed by atoms with Gasteiger partial charge in [0.15, 0.2) is 5.65 Å². The lowest BCUT2D eigenvalue weighted by molar-refractivity contribution is 0.102. The average Bonchev–Trinajstić information content (AvgIpc) is 3.37. The van der Waals surface area contributed by atoms with E-state index in [9.17, 15) is 4.79 Å². The molecule has 0 atom stereocenters. The number of benzene rings is 2. The van der Waals surface area contributed by atoms with Crippen LogP contribution in [0.25, 0.3) is 22.2 Å². The van der Waals surface area contributed by atoms with Crippen LogP contribution in [-0.4, -0.2) is 26.8 Å². The van der Waals surface area contributed by atoms with Gasteiger partial charge >= 0.3 is 0 Å². The Morgan fingerprint density at radius 2 is 1.73 bits per heavy atom. The number of carbonyl (C=O) groups excluding carboxylic acids is 1. The minimum absolute atomic E-state index is 0.182. The smallest absolute Gasteiger partial charge is 0.261 e. The molecule has 0 bridgehead atoms. The van der Waals surface area contributed by atoms with E-state index in [4.69, 9.17) is 5.73 Å². The SMILES string of the molecule is Nc1c(C(=O)Nc2ccccc2)c2nc3ccccc3nc2n1/N=C\c1cccs1. The van der Waals surface area contributed by atoms with Gasteiger partial charge in [-0.05, 0) is 35.7 Å². The van der Waals surface area contributed by atoms with Gasteiger partial charge in [-0.3, -0.25) is 4.79 Å². The topological polar surface area (TPSA) is 98.2 Å². The number of fused-ring (bicyclic) bond motifs is 2. The van der Waals surface area contributed by atoms with Crippen LogP contribution >= 0.6 is 11.3 Å². The van der Waals surface area contributed by atoms with Crippen LogP contribution in [0.2, 0.25) is 0 Å². The molecule has 8 heteroatoms. The first-order chi connectivity index (χ1) is 14.7. The molecule has 146 valence electrons. The number of hydrogen-bond donors (Lipinski definition) is 2. The van der Waals surface area contributed by atoms with Gasteiger partial charge in [-0.15, -0.1) is 11.3 Å². The Morgan fingerprint density at radius 1 is 1.00 bits per heavy atom. The van der Waals surface area contributed by atoms with Gasteiger partial charge in [0.05, 0.1) is 17.2 Å². The Hall–Kier alpha value is -4.04. The summed E-state index contributed by atoms with van der Waals surface area (Å²) in [4.78, 5) is 23.4. The zero-order valence-electron chi connectivity index (χ0n) is 15.7. The molecular formula is C22H16N6OS. The lowest BCUT2D eigenvalue weighted by Gasteiger charge is -2.05. The van der Waals surface area contributed by atoms with Crippen LogP contribution in [0.3, 0.4) is 0 Å². The van der Waals surface area contributed by atoms with Crippen LogP contribution in [0.4, 0.5) is 11.5 Å². The van der Waals surface area contributed by atoms with E-state index >= 15 is 0 Å². The molecule has 0 fully saturated rings. The van der Waals surface area contributed by atoms with Crippen molar-refractivity contribution in [2.45, 2.75) is 0 Å². The number of nitrogens with two attached hydrogens (primary N) is 1. The first-order valence-electron chi connectivity index (χ1n) is 9.21. The van der Waals surface area contributed by atoms with Gasteiger partial charge in [0, 0.05) is 10.6 Å². The highest BCUT2D eigenvalue weighted by molar-refractivity contribution is 7.11. The number of aromatic nitrogens is 3. The number of rotatable bonds is 4. The van der Waals surface area contributed by atoms with Crippen LogP contribution in [0, 0.1) is 0 Å². The molecule has 3 N–H and O–H groups in total. The zero-order chi connectivity index (χ0) is 20.5. The number of thiophene rings is 1. The van der Waals surface area contributed by atoms with Crippen molar-refractivity contribution < 1.29 is 4.79 Å². The Morgan fingerprint density at radius 3 is 2.47 bits per heavy atom. The predicted molar refractivity (Wildman–Crippen MR) is 121 cm³/mol. The van der Waals surface area contributed by atoms with E-state index in [1.165, 1.54) is 4.68 Å². The standard InChI is InChI=1S/C22H16N6OS/c23-20-18(22(29)25-14-7-2-1-3-8-14)19-21(27-17-11-5-4-10-16(17)26-19)28(20)24-13-15-9-6-12-30-15/h1-13H,23H2,(H,25,29)/b24-13-. The number of nitrogens with zero attached hydrogens (tertiary/aromatic N) is 4. The molecule has 0 aliphatic rings. The van der Waals surface area contributed by atoms with Crippen LogP contribution in [-0.2, 0) is 0 Å². The summed E-state index contributed by atoms with van der Waals surface area (Å²) in [6.07, 6.45) is 1.69. The van der Waals surface area contributed by atoms with Crippen molar-refractivity contribution in [3.63, 3.8) is 0 Å². The molecule has 7 nitrogen and oxygen atoms in total. The Balaban J connectivity index is 1.69. The summed E-state index contributed by atoms with van der Waals surface area (Å²) in [7, 11) is 0. The summed E-state index contributed by atoms with van der Waals surface area (Å²) < 4.78 is 1.47. The second-order valence-corrected chi connectivity index (χ2v) is 7.52. The predicted octanol–water partition coefficient (Wildman–Crippen LogP) is 4.36. The molecule has 0 saturated heterocycles. The molecule has 0 aliphatic carbocycles. The normalized spacial score (nSPS) is 11.5. The molecule has 5 aromatic rings. The second-order valence-electron chi connectivity index (χ2n) is 6.54. The number of para-hydroxylation sites is 3. The van der Waals surface area contributed by atoms with Crippen molar-refractivity contribution in [2.24, 2.45) is 5.10 Å². The van der Waals surface area contributed by atoms with Crippen molar-refractivity contribution in [1.82, 2.24) is 14.6 Å². The highest BCUT2D eigenvalue weighted by Crippen LogP contribution is 2.28. The van der Waals surface area contributed by atoms with Gasteiger partial charge in [0.25, 0.3) is 5.91 Å². The molecule has 3 aromatic heterocycles. The zero-order valence-corrected chi connectivity index (χ0v) is 16.5. The monoisotopic (exact) mass is 412 g/mol. The van der Waals surface area contributed by atoms with Gasteiger partial charge < -0.3 is 11.1 Å². The second kappa shape index (κ2) is 7.41. The third-order valence-corrected chi connectivity index (χ3v) is 5.38. The molecule has 0 aliphatic heterocycles. The average molecular weight is 412 g/mol. The van der Waals surface area contributed by atoms with Crippen LogP contribution < -0.4 is 11.1 Å². The molecule has 0 radical (unpaired) electrons. The lowest BCUT2D eigenvalue weighted by atomic mass is 10.2. The van der Waals surface area contributed by atoms with Gasteiger partial charge in [0.2, 0.25) is 0 Å². The maximum absolute atomic E-state index is 13.1. The van der Waals surface area contributed by atoms with Crippen LogP contribution in [0.1, 0.15) is 15.2 Å². The van der Waals surface area contributed by atoms with Crippen molar-refractivity contribution in [2.75, 3.05) is 11.1 Å². The Bertz CT molecular complexity index is 1390. The summed E-state index contributed by atoms with van der Waals surface area (Å²) in [5.41, 5.74) is 9.51.